The Morgan fingerprint density at radius 2 is 1.77 bits per heavy atom. The van der Waals surface area contributed by atoms with E-state index < -0.39 is 11.8 Å². The van der Waals surface area contributed by atoms with E-state index in [0.717, 1.165) is 0 Å². The Balaban J connectivity index is 1.31. The van der Waals surface area contributed by atoms with Crippen LogP contribution < -0.4 is 15.6 Å². The first kappa shape index (κ1) is 20.2. The largest absolute Gasteiger partial charge is 0.486 e. The van der Waals surface area contributed by atoms with Crippen LogP contribution >= 0.6 is 11.6 Å². The Bertz CT molecular complexity index is 1200. The molecule has 31 heavy (non-hydrogen) atoms. The fourth-order valence-corrected chi connectivity index (χ4v) is 2.88. The van der Waals surface area contributed by atoms with Gasteiger partial charge >= 0.3 is 5.91 Å². The standard InChI is InChI=1S/C22H17ClN4O4/c23-15-5-4-6-16(13-15)27-12-11-19(26-27)21(28)24-25-22(29)20-10-9-18(31-20)14-30-17-7-2-1-3-8-17/h1-13H,14H2,(H,24,28)(H,25,29). The number of rotatable bonds is 6. The number of carbonyl (C=O) groups is 2. The molecule has 0 aliphatic carbocycles. The summed E-state index contributed by atoms with van der Waals surface area (Å²) in [6.45, 7) is 0.171. The summed E-state index contributed by atoms with van der Waals surface area (Å²) in [5.41, 5.74) is 5.43. The molecule has 0 radical (unpaired) electrons. The average molecular weight is 437 g/mol. The van der Waals surface area contributed by atoms with Crippen molar-refractivity contribution in [3.05, 3.63) is 101 Å². The summed E-state index contributed by atoms with van der Waals surface area (Å²) in [5, 5.41) is 4.74. The van der Waals surface area contributed by atoms with Gasteiger partial charge in [-0.25, -0.2) is 4.68 Å². The SMILES string of the molecule is O=C(NNC(=O)c1ccc(COc2ccccc2)o1)c1ccn(-c2cccc(Cl)c2)n1. The topological polar surface area (TPSA) is 98.4 Å². The molecular formula is C22H17ClN4O4. The number of nitrogens with one attached hydrogen (secondary N) is 2. The number of ether oxygens (including phenoxy) is 1. The molecule has 0 aliphatic rings. The molecule has 2 N–H and O–H groups in total. The molecule has 0 unspecified atom stereocenters. The molecule has 8 nitrogen and oxygen atoms in total. The first-order valence-corrected chi connectivity index (χ1v) is 9.65. The van der Waals surface area contributed by atoms with E-state index in [1.807, 2.05) is 30.3 Å². The first-order valence-electron chi connectivity index (χ1n) is 9.27. The van der Waals surface area contributed by atoms with E-state index in [1.165, 1.54) is 16.8 Å². The molecule has 0 bridgehead atoms. The monoisotopic (exact) mass is 436 g/mol. The van der Waals surface area contributed by atoms with Crippen LogP contribution in [0.1, 0.15) is 26.8 Å². The van der Waals surface area contributed by atoms with Gasteiger partial charge in [0.1, 0.15) is 18.1 Å². The number of nitrogens with zero attached hydrogens (tertiary/aromatic N) is 2. The molecule has 156 valence electrons. The van der Waals surface area contributed by atoms with Gasteiger partial charge in [-0.3, -0.25) is 20.4 Å². The molecular weight excluding hydrogens is 420 g/mol. The fourth-order valence-electron chi connectivity index (χ4n) is 2.70. The van der Waals surface area contributed by atoms with Gasteiger partial charge in [0.25, 0.3) is 5.91 Å². The third-order valence-corrected chi connectivity index (χ3v) is 4.43. The highest BCUT2D eigenvalue weighted by atomic mass is 35.5. The lowest BCUT2D eigenvalue weighted by atomic mass is 10.3. The van der Waals surface area contributed by atoms with Gasteiger partial charge in [0.2, 0.25) is 0 Å². The fraction of sp³-hybridized carbons (Fsp3) is 0.0455. The second kappa shape index (κ2) is 9.19. The summed E-state index contributed by atoms with van der Waals surface area (Å²) >= 11 is 5.97. The van der Waals surface area contributed by atoms with Crippen molar-refractivity contribution in [2.45, 2.75) is 6.61 Å². The molecule has 2 amide bonds. The smallest absolute Gasteiger partial charge is 0.305 e. The van der Waals surface area contributed by atoms with Crippen LogP contribution in [0.15, 0.2) is 83.4 Å². The highest BCUT2D eigenvalue weighted by Crippen LogP contribution is 2.15. The molecule has 0 spiro atoms. The Morgan fingerprint density at radius 3 is 2.58 bits per heavy atom. The molecule has 2 aromatic heterocycles. The highest BCUT2D eigenvalue weighted by molar-refractivity contribution is 6.30. The van der Waals surface area contributed by atoms with Crippen LogP contribution in [0.4, 0.5) is 0 Å². The zero-order valence-electron chi connectivity index (χ0n) is 16.1. The van der Waals surface area contributed by atoms with Gasteiger partial charge < -0.3 is 9.15 Å². The van der Waals surface area contributed by atoms with E-state index in [-0.39, 0.29) is 18.1 Å². The lowest BCUT2D eigenvalue weighted by molar-refractivity contribution is 0.0826. The van der Waals surface area contributed by atoms with Crippen molar-refractivity contribution in [3.8, 4) is 11.4 Å². The summed E-state index contributed by atoms with van der Waals surface area (Å²) < 4.78 is 12.5. The maximum atomic E-state index is 12.3. The van der Waals surface area contributed by atoms with Crippen molar-refractivity contribution in [2.75, 3.05) is 0 Å². The van der Waals surface area contributed by atoms with E-state index in [0.29, 0.717) is 22.2 Å². The number of furan rings is 1. The van der Waals surface area contributed by atoms with Gasteiger partial charge in [-0.2, -0.15) is 5.10 Å². The van der Waals surface area contributed by atoms with Crippen LogP contribution in [0, 0.1) is 0 Å². The van der Waals surface area contributed by atoms with Crippen molar-refractivity contribution in [1.82, 2.24) is 20.6 Å². The maximum absolute atomic E-state index is 12.3. The quantitative estimate of drug-likeness (QED) is 0.448. The summed E-state index contributed by atoms with van der Waals surface area (Å²) in [7, 11) is 0. The van der Waals surface area contributed by atoms with Gasteiger partial charge in [0, 0.05) is 11.2 Å². The van der Waals surface area contributed by atoms with Crippen molar-refractivity contribution < 1.29 is 18.7 Å². The van der Waals surface area contributed by atoms with E-state index in [4.69, 9.17) is 20.8 Å². The number of carbonyl (C=O) groups excluding carboxylic acids is 2. The summed E-state index contributed by atoms with van der Waals surface area (Å²) in [6, 6.07) is 20.9. The summed E-state index contributed by atoms with van der Waals surface area (Å²) in [4.78, 5) is 24.5. The molecule has 0 saturated carbocycles. The third-order valence-electron chi connectivity index (χ3n) is 4.19. The summed E-state index contributed by atoms with van der Waals surface area (Å²) in [6.07, 6.45) is 1.62. The van der Waals surface area contributed by atoms with Crippen LogP contribution in [0.2, 0.25) is 5.02 Å². The number of para-hydroxylation sites is 1. The Morgan fingerprint density at radius 1 is 0.968 bits per heavy atom. The number of benzene rings is 2. The third kappa shape index (κ3) is 5.12. The number of hydrazine groups is 1. The van der Waals surface area contributed by atoms with Crippen molar-refractivity contribution >= 4 is 23.4 Å². The van der Waals surface area contributed by atoms with Gasteiger partial charge in [-0.05, 0) is 48.5 Å². The molecule has 0 fully saturated rings. The number of hydrogen-bond acceptors (Lipinski definition) is 5. The second-order valence-corrected chi connectivity index (χ2v) is 6.84. The van der Waals surface area contributed by atoms with Crippen LogP contribution in [0.3, 0.4) is 0 Å². The normalized spacial score (nSPS) is 10.5. The zero-order valence-corrected chi connectivity index (χ0v) is 16.9. The van der Waals surface area contributed by atoms with E-state index in [1.54, 1.807) is 36.5 Å². The van der Waals surface area contributed by atoms with Crippen LogP contribution in [-0.4, -0.2) is 21.6 Å². The molecule has 4 rings (SSSR count). The average Bonchev–Trinajstić information content (AvgIpc) is 3.47. The van der Waals surface area contributed by atoms with Gasteiger partial charge in [-0.15, -0.1) is 0 Å². The molecule has 0 saturated heterocycles. The molecule has 0 atom stereocenters. The Kier molecular flexibility index (Phi) is 6.00. The first-order chi connectivity index (χ1) is 15.1. The predicted molar refractivity (Wildman–Crippen MR) is 113 cm³/mol. The van der Waals surface area contributed by atoms with Gasteiger partial charge in [-0.1, -0.05) is 35.9 Å². The Hall–Kier alpha value is -4.04. The summed E-state index contributed by atoms with van der Waals surface area (Å²) in [5.74, 6) is 0.0216. The van der Waals surface area contributed by atoms with E-state index in [2.05, 4.69) is 16.0 Å². The molecule has 9 heteroatoms. The number of halogens is 1. The highest BCUT2D eigenvalue weighted by Gasteiger charge is 2.15. The lowest BCUT2D eigenvalue weighted by Crippen LogP contribution is -2.41. The van der Waals surface area contributed by atoms with Crippen LogP contribution in [-0.2, 0) is 6.61 Å². The van der Waals surface area contributed by atoms with Gasteiger partial charge in [0.15, 0.2) is 11.5 Å². The molecule has 2 aromatic carbocycles. The van der Waals surface area contributed by atoms with Crippen molar-refractivity contribution in [3.63, 3.8) is 0 Å². The van der Waals surface area contributed by atoms with E-state index in [9.17, 15) is 9.59 Å². The maximum Gasteiger partial charge on any atom is 0.305 e. The lowest BCUT2D eigenvalue weighted by Gasteiger charge is -2.05. The van der Waals surface area contributed by atoms with E-state index >= 15 is 0 Å². The molecule has 0 aliphatic heterocycles. The molecule has 4 aromatic rings. The number of aromatic nitrogens is 2. The number of amides is 2. The molecule has 2 heterocycles. The minimum absolute atomic E-state index is 0.0384. The van der Waals surface area contributed by atoms with Gasteiger partial charge in [0.05, 0.1) is 5.69 Å². The van der Waals surface area contributed by atoms with Crippen molar-refractivity contribution in [2.24, 2.45) is 0 Å². The second-order valence-electron chi connectivity index (χ2n) is 6.40. The minimum Gasteiger partial charge on any atom is -0.486 e. The Labute approximate surface area is 182 Å². The number of hydrogen-bond donors (Lipinski definition) is 2. The minimum atomic E-state index is -0.603. The zero-order chi connectivity index (χ0) is 21.6. The predicted octanol–water partition coefficient (Wildman–Crippen LogP) is 3.77. The van der Waals surface area contributed by atoms with Crippen molar-refractivity contribution in [1.29, 1.82) is 0 Å². The van der Waals surface area contributed by atoms with Crippen LogP contribution in [0.25, 0.3) is 5.69 Å². The van der Waals surface area contributed by atoms with Crippen LogP contribution in [0.5, 0.6) is 5.75 Å².